The molecule has 0 radical (unpaired) electrons. The zero-order valence-corrected chi connectivity index (χ0v) is 15.9. The summed E-state index contributed by atoms with van der Waals surface area (Å²) in [6.45, 7) is 1.83. The van der Waals surface area contributed by atoms with E-state index < -0.39 is 0 Å². The Balaban J connectivity index is 1.60. The van der Waals surface area contributed by atoms with E-state index >= 15 is 0 Å². The summed E-state index contributed by atoms with van der Waals surface area (Å²) >= 11 is 0. The Hall–Kier alpha value is -2.82. The van der Waals surface area contributed by atoms with Gasteiger partial charge in [0.05, 0.1) is 6.54 Å². The minimum Gasteiger partial charge on any atom is -0.376 e. The van der Waals surface area contributed by atoms with Gasteiger partial charge in [0.2, 0.25) is 5.91 Å². The number of hydrogen-bond acceptors (Lipinski definition) is 3. The summed E-state index contributed by atoms with van der Waals surface area (Å²) in [6, 6.07) is 17.0. The molecule has 1 aliphatic rings. The van der Waals surface area contributed by atoms with Crippen LogP contribution in [0.25, 0.3) is 0 Å². The highest BCUT2D eigenvalue weighted by Crippen LogP contribution is 2.17. The van der Waals surface area contributed by atoms with Gasteiger partial charge in [-0.1, -0.05) is 37.1 Å². The molecule has 5 nitrogen and oxygen atoms in total. The Morgan fingerprint density at radius 2 is 1.67 bits per heavy atom. The number of amides is 2. The Morgan fingerprint density at radius 1 is 0.963 bits per heavy atom. The smallest absolute Gasteiger partial charge is 0.253 e. The van der Waals surface area contributed by atoms with Gasteiger partial charge in [-0.2, -0.15) is 0 Å². The minimum absolute atomic E-state index is 0.0366. The lowest BCUT2D eigenvalue weighted by atomic mass is 10.1. The maximum absolute atomic E-state index is 12.8. The van der Waals surface area contributed by atoms with Crippen molar-refractivity contribution in [2.24, 2.45) is 0 Å². The summed E-state index contributed by atoms with van der Waals surface area (Å²) in [6.07, 6.45) is 4.54. The van der Waals surface area contributed by atoms with Crippen molar-refractivity contribution in [1.29, 1.82) is 0 Å². The number of hydrogen-bond donors (Lipinski definition) is 1. The molecule has 0 aromatic heterocycles. The highest BCUT2D eigenvalue weighted by molar-refractivity contribution is 5.97. The standard InChI is InChI=1S/C22H27N3O2/c1-24(20-12-5-4-6-13-20)21(26)17-23-19-11-9-10-18(16-19)22(27)25-14-7-2-3-8-15-25/h4-6,9-13,16,23H,2-3,7-8,14-15,17H2,1H3. The molecule has 142 valence electrons. The van der Waals surface area contributed by atoms with Crippen molar-refractivity contribution in [3.05, 3.63) is 60.2 Å². The van der Waals surface area contributed by atoms with E-state index in [1.165, 1.54) is 12.8 Å². The van der Waals surface area contributed by atoms with E-state index in [2.05, 4.69) is 5.32 Å². The number of likely N-dealkylation sites (tertiary alicyclic amines) is 1. The van der Waals surface area contributed by atoms with Gasteiger partial charge in [0.1, 0.15) is 0 Å². The van der Waals surface area contributed by atoms with Gasteiger partial charge in [0.15, 0.2) is 0 Å². The lowest BCUT2D eigenvalue weighted by Crippen LogP contribution is -2.32. The van der Waals surface area contributed by atoms with Gasteiger partial charge >= 0.3 is 0 Å². The average molecular weight is 365 g/mol. The van der Waals surface area contributed by atoms with Crippen LogP contribution < -0.4 is 10.2 Å². The molecular weight excluding hydrogens is 338 g/mol. The van der Waals surface area contributed by atoms with Crippen LogP contribution in [0.4, 0.5) is 11.4 Å². The first-order valence-corrected chi connectivity index (χ1v) is 9.60. The van der Waals surface area contributed by atoms with Crippen LogP contribution in [0.1, 0.15) is 36.0 Å². The topological polar surface area (TPSA) is 52.7 Å². The maximum atomic E-state index is 12.8. The van der Waals surface area contributed by atoms with E-state index in [9.17, 15) is 9.59 Å². The van der Waals surface area contributed by atoms with Crippen LogP contribution in [0.5, 0.6) is 0 Å². The largest absolute Gasteiger partial charge is 0.376 e. The number of benzene rings is 2. The van der Waals surface area contributed by atoms with Gasteiger partial charge in [-0.05, 0) is 43.2 Å². The summed E-state index contributed by atoms with van der Waals surface area (Å²) in [7, 11) is 1.76. The Kier molecular flexibility index (Phi) is 6.47. The van der Waals surface area contributed by atoms with Gasteiger partial charge in [-0.25, -0.2) is 0 Å². The molecule has 1 heterocycles. The quantitative estimate of drug-likeness (QED) is 0.877. The second-order valence-electron chi connectivity index (χ2n) is 6.93. The Morgan fingerprint density at radius 3 is 2.37 bits per heavy atom. The maximum Gasteiger partial charge on any atom is 0.253 e. The fourth-order valence-corrected chi connectivity index (χ4v) is 3.31. The predicted octanol–water partition coefficient (Wildman–Crippen LogP) is 3.78. The summed E-state index contributed by atoms with van der Waals surface area (Å²) in [4.78, 5) is 28.7. The van der Waals surface area contributed by atoms with E-state index in [1.807, 2.05) is 59.5 Å². The first-order chi connectivity index (χ1) is 13.1. The second kappa shape index (κ2) is 9.21. The monoisotopic (exact) mass is 365 g/mol. The molecule has 5 heteroatoms. The summed E-state index contributed by atoms with van der Waals surface area (Å²) in [5.41, 5.74) is 2.31. The molecular formula is C22H27N3O2. The fraction of sp³-hybridized carbons (Fsp3) is 0.364. The predicted molar refractivity (Wildman–Crippen MR) is 109 cm³/mol. The van der Waals surface area contributed by atoms with E-state index in [1.54, 1.807) is 11.9 Å². The molecule has 27 heavy (non-hydrogen) atoms. The number of rotatable bonds is 5. The number of nitrogens with one attached hydrogen (secondary N) is 1. The van der Waals surface area contributed by atoms with Crippen LogP contribution in [0.3, 0.4) is 0 Å². The molecule has 0 unspecified atom stereocenters. The van der Waals surface area contributed by atoms with E-state index in [4.69, 9.17) is 0 Å². The Labute approximate surface area is 161 Å². The third-order valence-electron chi connectivity index (χ3n) is 4.96. The van der Waals surface area contributed by atoms with Crippen LogP contribution in [0.2, 0.25) is 0 Å². The number of nitrogens with zero attached hydrogens (tertiary/aromatic N) is 2. The van der Waals surface area contributed by atoms with Gasteiger partial charge < -0.3 is 15.1 Å². The van der Waals surface area contributed by atoms with Crippen molar-refractivity contribution in [2.75, 3.05) is 36.9 Å². The van der Waals surface area contributed by atoms with Crippen molar-refractivity contribution in [3.8, 4) is 0 Å². The summed E-state index contributed by atoms with van der Waals surface area (Å²) < 4.78 is 0. The van der Waals surface area contributed by atoms with Crippen molar-refractivity contribution >= 4 is 23.2 Å². The number of likely N-dealkylation sites (N-methyl/N-ethyl adjacent to an activating group) is 1. The molecule has 0 saturated carbocycles. The van der Waals surface area contributed by atoms with Crippen LogP contribution in [0.15, 0.2) is 54.6 Å². The average Bonchev–Trinajstić information content (AvgIpc) is 3.01. The number of carbonyl (C=O) groups is 2. The summed E-state index contributed by atoms with van der Waals surface area (Å²) in [5.74, 6) is 0.0405. The van der Waals surface area contributed by atoms with Gasteiger partial charge in [-0.3, -0.25) is 9.59 Å². The molecule has 0 spiro atoms. The molecule has 2 aromatic rings. The van der Waals surface area contributed by atoms with Gasteiger partial charge in [0, 0.05) is 37.1 Å². The molecule has 3 rings (SSSR count). The fourth-order valence-electron chi connectivity index (χ4n) is 3.31. The molecule has 0 bridgehead atoms. The van der Waals surface area contributed by atoms with Crippen molar-refractivity contribution in [3.63, 3.8) is 0 Å². The number of carbonyl (C=O) groups excluding carboxylic acids is 2. The molecule has 0 atom stereocenters. The van der Waals surface area contributed by atoms with Crippen LogP contribution in [0, 0.1) is 0 Å². The molecule has 1 fully saturated rings. The number of anilines is 2. The minimum atomic E-state index is -0.0366. The zero-order chi connectivity index (χ0) is 19.1. The van der Waals surface area contributed by atoms with E-state index in [0.717, 1.165) is 37.3 Å². The van der Waals surface area contributed by atoms with Crippen molar-refractivity contribution in [1.82, 2.24) is 4.90 Å². The van der Waals surface area contributed by atoms with Crippen LogP contribution in [-0.2, 0) is 4.79 Å². The van der Waals surface area contributed by atoms with Crippen molar-refractivity contribution in [2.45, 2.75) is 25.7 Å². The first kappa shape index (κ1) is 19.0. The normalized spacial score (nSPS) is 14.3. The number of para-hydroxylation sites is 1. The van der Waals surface area contributed by atoms with Crippen LogP contribution >= 0.6 is 0 Å². The molecule has 0 aliphatic carbocycles. The second-order valence-corrected chi connectivity index (χ2v) is 6.93. The third-order valence-corrected chi connectivity index (χ3v) is 4.96. The third kappa shape index (κ3) is 5.09. The molecule has 1 N–H and O–H groups in total. The zero-order valence-electron chi connectivity index (χ0n) is 15.9. The lowest BCUT2D eigenvalue weighted by Gasteiger charge is -2.21. The molecule has 1 aliphatic heterocycles. The van der Waals surface area contributed by atoms with E-state index in [0.29, 0.717) is 5.56 Å². The SMILES string of the molecule is CN(C(=O)CNc1cccc(C(=O)N2CCCCCC2)c1)c1ccccc1. The van der Waals surface area contributed by atoms with Crippen molar-refractivity contribution < 1.29 is 9.59 Å². The molecule has 2 amide bonds. The first-order valence-electron chi connectivity index (χ1n) is 9.60. The lowest BCUT2D eigenvalue weighted by molar-refractivity contribution is -0.116. The van der Waals surface area contributed by atoms with Gasteiger partial charge in [0.25, 0.3) is 5.91 Å². The van der Waals surface area contributed by atoms with Crippen LogP contribution in [-0.4, -0.2) is 43.4 Å². The summed E-state index contributed by atoms with van der Waals surface area (Å²) in [5, 5.41) is 3.14. The van der Waals surface area contributed by atoms with Gasteiger partial charge in [-0.15, -0.1) is 0 Å². The highest BCUT2D eigenvalue weighted by atomic mass is 16.2. The van der Waals surface area contributed by atoms with E-state index in [-0.39, 0.29) is 18.4 Å². The molecule has 1 saturated heterocycles. The highest BCUT2D eigenvalue weighted by Gasteiger charge is 2.17. The Bertz CT molecular complexity index is 768. The molecule has 2 aromatic carbocycles.